The number of fused-ring (bicyclic) bond motifs is 1. The van der Waals surface area contributed by atoms with E-state index in [1.54, 1.807) is 24.3 Å². The molecule has 0 radical (unpaired) electrons. The van der Waals surface area contributed by atoms with E-state index < -0.39 is 12.0 Å². The maximum absolute atomic E-state index is 13.3. The molecule has 2 aromatic rings. The zero-order chi connectivity index (χ0) is 23.7. The van der Waals surface area contributed by atoms with Crippen molar-refractivity contribution >= 4 is 29.3 Å². The number of aliphatic carboxylic acids is 1. The number of carbonyl (C=O) groups is 2. The predicted octanol–water partition coefficient (Wildman–Crippen LogP) is 3.95. The van der Waals surface area contributed by atoms with E-state index in [1.165, 1.54) is 5.56 Å². The molecule has 1 aromatic carbocycles. The number of anilines is 1. The quantitative estimate of drug-likeness (QED) is 0.671. The number of carboxylic acid groups (broad SMARTS) is 1. The van der Waals surface area contributed by atoms with Crippen LogP contribution in [0, 0.1) is 5.92 Å². The number of nitrogens with one attached hydrogen (secondary N) is 1. The van der Waals surface area contributed by atoms with Gasteiger partial charge in [-0.25, -0.2) is 4.98 Å². The molecular formula is C26H31ClN4O3. The first-order valence-electron chi connectivity index (χ1n) is 12.2. The lowest BCUT2D eigenvalue weighted by Crippen LogP contribution is -2.42. The van der Waals surface area contributed by atoms with Gasteiger partial charge in [-0.05, 0) is 61.4 Å². The molecule has 2 atom stereocenters. The Morgan fingerprint density at radius 3 is 2.56 bits per heavy atom. The number of aryl methyl sites for hydroxylation is 1. The smallest absolute Gasteiger partial charge is 0.325 e. The molecule has 1 aromatic heterocycles. The molecule has 0 bridgehead atoms. The highest BCUT2D eigenvalue weighted by Gasteiger charge is 2.38. The number of amides is 1. The third-order valence-electron chi connectivity index (χ3n) is 7.49. The summed E-state index contributed by atoms with van der Waals surface area (Å²) in [5, 5.41) is 13.9. The van der Waals surface area contributed by atoms with Crippen LogP contribution in [-0.4, -0.2) is 64.5 Å². The molecule has 8 heteroatoms. The van der Waals surface area contributed by atoms with Gasteiger partial charge in [0.2, 0.25) is 5.91 Å². The zero-order valence-electron chi connectivity index (χ0n) is 19.3. The molecule has 180 valence electrons. The van der Waals surface area contributed by atoms with Crippen LogP contribution in [0.15, 0.2) is 36.4 Å². The van der Waals surface area contributed by atoms with Gasteiger partial charge in [0.15, 0.2) is 0 Å². The second-order valence-corrected chi connectivity index (χ2v) is 10.1. The number of piperidine rings is 1. The van der Waals surface area contributed by atoms with Crippen LogP contribution in [0.25, 0.3) is 0 Å². The molecule has 0 aliphatic carbocycles. The van der Waals surface area contributed by atoms with E-state index in [4.69, 9.17) is 16.6 Å². The number of halogens is 1. The number of pyridine rings is 1. The first kappa shape index (κ1) is 23.1. The van der Waals surface area contributed by atoms with Gasteiger partial charge in [-0.2, -0.15) is 0 Å². The van der Waals surface area contributed by atoms with Gasteiger partial charge >= 0.3 is 5.97 Å². The Labute approximate surface area is 205 Å². The Morgan fingerprint density at radius 1 is 1.06 bits per heavy atom. The first-order chi connectivity index (χ1) is 16.5. The van der Waals surface area contributed by atoms with Crippen LogP contribution < -0.4 is 5.32 Å². The molecule has 0 saturated carbocycles. The van der Waals surface area contributed by atoms with Crippen molar-refractivity contribution in [3.05, 3.63) is 58.2 Å². The Hall–Kier alpha value is -2.64. The molecule has 0 unspecified atom stereocenters. The van der Waals surface area contributed by atoms with E-state index in [9.17, 15) is 14.7 Å². The summed E-state index contributed by atoms with van der Waals surface area (Å²) in [5.41, 5.74) is 3.11. The van der Waals surface area contributed by atoms with E-state index in [0.29, 0.717) is 36.0 Å². The highest BCUT2D eigenvalue weighted by atomic mass is 35.5. The molecule has 2 saturated heterocycles. The summed E-state index contributed by atoms with van der Waals surface area (Å²) in [5.74, 6) is 0.503. The first-order valence-corrected chi connectivity index (χ1v) is 12.6. The zero-order valence-corrected chi connectivity index (χ0v) is 20.0. The molecule has 5 rings (SSSR count). The van der Waals surface area contributed by atoms with Crippen molar-refractivity contribution in [3.8, 4) is 0 Å². The number of rotatable bonds is 5. The van der Waals surface area contributed by atoms with Crippen LogP contribution in [0.1, 0.15) is 54.5 Å². The minimum Gasteiger partial charge on any atom is -0.480 e. The number of carboxylic acids is 1. The maximum atomic E-state index is 13.3. The largest absolute Gasteiger partial charge is 0.480 e. The lowest BCUT2D eigenvalue weighted by atomic mass is 9.91. The van der Waals surface area contributed by atoms with Gasteiger partial charge in [0.1, 0.15) is 11.9 Å². The second-order valence-electron chi connectivity index (χ2n) is 9.65. The van der Waals surface area contributed by atoms with Crippen LogP contribution >= 0.6 is 11.6 Å². The van der Waals surface area contributed by atoms with Gasteiger partial charge in [0, 0.05) is 49.4 Å². The minimum absolute atomic E-state index is 0.154. The van der Waals surface area contributed by atoms with E-state index in [2.05, 4.69) is 17.4 Å². The third-order valence-corrected chi connectivity index (χ3v) is 7.75. The molecule has 3 aliphatic rings. The van der Waals surface area contributed by atoms with Crippen LogP contribution in [0.3, 0.4) is 0 Å². The van der Waals surface area contributed by atoms with Gasteiger partial charge in [0.05, 0.1) is 5.92 Å². The number of nitrogens with zero attached hydrogens (tertiary/aromatic N) is 3. The van der Waals surface area contributed by atoms with E-state index in [0.717, 1.165) is 56.8 Å². The van der Waals surface area contributed by atoms with E-state index in [1.807, 2.05) is 9.80 Å². The van der Waals surface area contributed by atoms with Gasteiger partial charge in [-0.15, -0.1) is 0 Å². The summed E-state index contributed by atoms with van der Waals surface area (Å²) in [6.07, 6.45) is 4.75. The van der Waals surface area contributed by atoms with E-state index in [-0.39, 0.29) is 11.8 Å². The highest BCUT2D eigenvalue weighted by Crippen LogP contribution is 2.33. The number of aromatic nitrogens is 1. The average Bonchev–Trinajstić information content (AvgIpc) is 3.34. The molecule has 34 heavy (non-hydrogen) atoms. The van der Waals surface area contributed by atoms with Crippen molar-refractivity contribution in [2.24, 2.45) is 5.92 Å². The molecule has 7 nitrogen and oxygen atoms in total. The van der Waals surface area contributed by atoms with Crippen LogP contribution in [0.2, 0.25) is 5.02 Å². The summed E-state index contributed by atoms with van der Waals surface area (Å²) < 4.78 is 0. The van der Waals surface area contributed by atoms with Crippen molar-refractivity contribution in [1.82, 2.24) is 14.8 Å². The molecule has 1 amide bonds. The summed E-state index contributed by atoms with van der Waals surface area (Å²) in [7, 11) is 0. The maximum Gasteiger partial charge on any atom is 0.325 e. The summed E-state index contributed by atoms with van der Waals surface area (Å²) in [4.78, 5) is 34.1. The van der Waals surface area contributed by atoms with Crippen molar-refractivity contribution in [2.75, 3.05) is 38.0 Å². The van der Waals surface area contributed by atoms with Crippen molar-refractivity contribution in [2.45, 2.75) is 44.1 Å². The van der Waals surface area contributed by atoms with Gasteiger partial charge < -0.3 is 15.3 Å². The number of likely N-dealkylation sites (tertiary alicyclic amines) is 2. The van der Waals surface area contributed by atoms with E-state index >= 15 is 0 Å². The normalized spacial score (nSPS) is 22.1. The summed E-state index contributed by atoms with van der Waals surface area (Å²) in [6, 6.07) is 10.5. The second kappa shape index (κ2) is 9.92. The van der Waals surface area contributed by atoms with Gasteiger partial charge in [0.25, 0.3) is 0 Å². The number of benzene rings is 1. The van der Waals surface area contributed by atoms with Gasteiger partial charge in [-0.1, -0.05) is 29.8 Å². The fraction of sp³-hybridized carbons (Fsp3) is 0.500. The molecule has 0 spiro atoms. The summed E-state index contributed by atoms with van der Waals surface area (Å²) in [6.45, 7) is 3.50. The number of carbonyl (C=O) groups excluding carboxylic acids is 1. The Morgan fingerprint density at radius 2 is 1.82 bits per heavy atom. The number of hydrogen-bond acceptors (Lipinski definition) is 5. The van der Waals surface area contributed by atoms with Crippen molar-refractivity contribution in [3.63, 3.8) is 0 Å². The lowest BCUT2D eigenvalue weighted by Gasteiger charge is -2.34. The lowest BCUT2D eigenvalue weighted by molar-refractivity contribution is -0.144. The summed E-state index contributed by atoms with van der Waals surface area (Å²) >= 11 is 5.97. The van der Waals surface area contributed by atoms with Crippen LogP contribution in [0.4, 0.5) is 5.82 Å². The highest BCUT2D eigenvalue weighted by molar-refractivity contribution is 6.30. The molecule has 2 fully saturated rings. The van der Waals surface area contributed by atoms with Gasteiger partial charge in [-0.3, -0.25) is 14.5 Å². The fourth-order valence-electron chi connectivity index (χ4n) is 5.60. The molecular weight excluding hydrogens is 452 g/mol. The number of hydrogen-bond donors (Lipinski definition) is 2. The SMILES string of the molecule is O=C(O)[C@@H](c1ccc(Cl)cc1)N1CC[C@@H](C(=O)N2CCC(c3ccc4c(n3)NCCC4)CC2)C1. The Balaban J connectivity index is 1.18. The molecule has 3 aliphatic heterocycles. The van der Waals surface area contributed by atoms with Crippen LogP contribution in [0.5, 0.6) is 0 Å². The van der Waals surface area contributed by atoms with Crippen molar-refractivity contribution in [1.29, 1.82) is 0 Å². The van der Waals surface area contributed by atoms with Crippen LogP contribution in [-0.2, 0) is 16.0 Å². The average molecular weight is 483 g/mol. The Bertz CT molecular complexity index is 1050. The predicted molar refractivity (Wildman–Crippen MR) is 131 cm³/mol. The third kappa shape index (κ3) is 4.77. The Kier molecular flexibility index (Phi) is 6.75. The standard InChI is InChI=1S/C26H31ClN4O3/c27-21-6-3-18(4-7-21)23(26(33)34)31-15-11-20(16-31)25(32)30-13-9-17(10-14-30)22-8-5-19-2-1-12-28-24(19)29-22/h3-8,17,20,23H,1-2,9-16H2,(H,28,29)(H,33,34)/t20-,23-/m1/s1. The minimum atomic E-state index is -0.900. The molecule has 4 heterocycles. The fourth-order valence-corrected chi connectivity index (χ4v) is 5.73. The monoisotopic (exact) mass is 482 g/mol. The molecule has 2 N–H and O–H groups in total. The van der Waals surface area contributed by atoms with Crippen molar-refractivity contribution < 1.29 is 14.7 Å². The topological polar surface area (TPSA) is 85.8 Å².